The van der Waals surface area contributed by atoms with E-state index in [1.54, 1.807) is 12.4 Å². The number of pyridine rings is 1. The largest absolute Gasteiger partial charge is 0.365 e. The first kappa shape index (κ1) is 15.1. The molecule has 3 heteroatoms. The van der Waals surface area contributed by atoms with Crippen molar-refractivity contribution in [3.05, 3.63) is 54.6 Å². The summed E-state index contributed by atoms with van der Waals surface area (Å²) in [6.07, 6.45) is 3.44. The van der Waals surface area contributed by atoms with E-state index in [1.807, 2.05) is 39.0 Å². The standard InChI is InChI=1S/C12H15N3.C2H6/c1-10(2)8-14-11(3)15-9-12-6-4-5-7-13-12;1-2/h4-8,15H,1,3,9H2,2H3;1-2H3/b14-8-;. The van der Waals surface area contributed by atoms with E-state index in [0.29, 0.717) is 12.4 Å². The summed E-state index contributed by atoms with van der Waals surface area (Å²) in [4.78, 5) is 8.25. The molecule has 0 radical (unpaired) electrons. The summed E-state index contributed by atoms with van der Waals surface area (Å²) in [7, 11) is 0. The van der Waals surface area contributed by atoms with Crippen molar-refractivity contribution in [2.75, 3.05) is 0 Å². The molecule has 0 fully saturated rings. The Morgan fingerprint density at radius 2 is 2.12 bits per heavy atom. The van der Waals surface area contributed by atoms with Crippen LogP contribution in [0.4, 0.5) is 0 Å². The van der Waals surface area contributed by atoms with Crippen molar-refractivity contribution in [1.82, 2.24) is 10.3 Å². The fourth-order valence-electron chi connectivity index (χ4n) is 0.929. The number of hydrogen-bond donors (Lipinski definition) is 1. The van der Waals surface area contributed by atoms with Gasteiger partial charge in [0.25, 0.3) is 0 Å². The van der Waals surface area contributed by atoms with Gasteiger partial charge in [-0.2, -0.15) is 0 Å². The first-order valence-corrected chi connectivity index (χ1v) is 5.71. The van der Waals surface area contributed by atoms with Crippen LogP contribution in [-0.2, 0) is 6.54 Å². The molecule has 0 aliphatic rings. The quantitative estimate of drug-likeness (QED) is 0.789. The molecule has 1 N–H and O–H groups in total. The Hall–Kier alpha value is -1.90. The number of nitrogens with zero attached hydrogens (tertiary/aromatic N) is 2. The topological polar surface area (TPSA) is 37.3 Å². The van der Waals surface area contributed by atoms with Crippen molar-refractivity contribution in [2.45, 2.75) is 27.3 Å². The Bertz CT molecular complexity index is 366. The lowest BCUT2D eigenvalue weighted by atomic mass is 10.3. The molecule has 1 aromatic rings. The summed E-state index contributed by atoms with van der Waals surface area (Å²) in [5.74, 6) is 0.614. The Labute approximate surface area is 104 Å². The summed E-state index contributed by atoms with van der Waals surface area (Å²) in [5, 5.41) is 3.06. The third-order valence-electron chi connectivity index (χ3n) is 1.64. The van der Waals surface area contributed by atoms with Crippen molar-refractivity contribution < 1.29 is 0 Å². The fourth-order valence-corrected chi connectivity index (χ4v) is 0.929. The Balaban J connectivity index is 0.00000121. The van der Waals surface area contributed by atoms with Crippen molar-refractivity contribution in [2.24, 2.45) is 4.99 Å². The second kappa shape index (κ2) is 9.33. The molecule has 92 valence electrons. The van der Waals surface area contributed by atoms with Gasteiger partial charge < -0.3 is 5.32 Å². The average Bonchev–Trinajstić information content (AvgIpc) is 2.37. The number of rotatable bonds is 5. The van der Waals surface area contributed by atoms with E-state index in [0.717, 1.165) is 11.3 Å². The van der Waals surface area contributed by atoms with Crippen LogP contribution < -0.4 is 5.32 Å². The highest BCUT2D eigenvalue weighted by molar-refractivity contribution is 5.77. The van der Waals surface area contributed by atoms with E-state index in [9.17, 15) is 0 Å². The van der Waals surface area contributed by atoms with E-state index < -0.39 is 0 Å². The number of aliphatic imine (C=N–C) groups is 1. The molecule has 17 heavy (non-hydrogen) atoms. The van der Waals surface area contributed by atoms with Gasteiger partial charge in [-0.3, -0.25) is 4.98 Å². The van der Waals surface area contributed by atoms with Crippen LogP contribution in [0.25, 0.3) is 0 Å². The maximum atomic E-state index is 4.17. The maximum Gasteiger partial charge on any atom is 0.118 e. The first-order chi connectivity index (χ1) is 8.18. The van der Waals surface area contributed by atoms with Gasteiger partial charge >= 0.3 is 0 Å². The van der Waals surface area contributed by atoms with Crippen LogP contribution in [0.5, 0.6) is 0 Å². The van der Waals surface area contributed by atoms with Gasteiger partial charge in [0.2, 0.25) is 0 Å². The van der Waals surface area contributed by atoms with E-state index in [1.165, 1.54) is 0 Å². The van der Waals surface area contributed by atoms with Crippen molar-refractivity contribution >= 4 is 6.21 Å². The van der Waals surface area contributed by atoms with Crippen LogP contribution in [0.2, 0.25) is 0 Å². The molecule has 0 amide bonds. The smallest absolute Gasteiger partial charge is 0.118 e. The molecule has 0 aliphatic carbocycles. The molecule has 0 aliphatic heterocycles. The first-order valence-electron chi connectivity index (χ1n) is 5.71. The van der Waals surface area contributed by atoms with Crippen LogP contribution >= 0.6 is 0 Å². The van der Waals surface area contributed by atoms with Gasteiger partial charge in [-0.05, 0) is 24.6 Å². The summed E-state index contributed by atoms with van der Waals surface area (Å²) >= 11 is 0. The monoisotopic (exact) mass is 231 g/mol. The van der Waals surface area contributed by atoms with Gasteiger partial charge in [0.15, 0.2) is 0 Å². The minimum Gasteiger partial charge on any atom is -0.365 e. The molecule has 0 unspecified atom stereocenters. The van der Waals surface area contributed by atoms with Crippen LogP contribution in [0.15, 0.2) is 53.9 Å². The van der Waals surface area contributed by atoms with E-state index in [2.05, 4.69) is 28.5 Å². The Kier molecular flexibility index (Phi) is 8.29. The molecule has 0 aromatic carbocycles. The van der Waals surface area contributed by atoms with Crippen LogP contribution in [-0.4, -0.2) is 11.2 Å². The lowest BCUT2D eigenvalue weighted by Gasteiger charge is -2.03. The van der Waals surface area contributed by atoms with Crippen LogP contribution in [0, 0.1) is 0 Å². The molecule has 0 saturated heterocycles. The highest BCUT2D eigenvalue weighted by Gasteiger charge is 1.92. The summed E-state index contributed by atoms with van der Waals surface area (Å²) in [5.41, 5.74) is 1.86. The fraction of sp³-hybridized carbons (Fsp3) is 0.286. The zero-order valence-electron chi connectivity index (χ0n) is 10.9. The van der Waals surface area contributed by atoms with Gasteiger partial charge in [-0.15, -0.1) is 0 Å². The summed E-state index contributed by atoms with van der Waals surface area (Å²) in [6, 6.07) is 5.78. The third kappa shape index (κ3) is 7.96. The molecule has 0 atom stereocenters. The predicted octanol–water partition coefficient (Wildman–Crippen LogP) is 3.32. The van der Waals surface area contributed by atoms with E-state index >= 15 is 0 Å². The average molecular weight is 231 g/mol. The molecule has 0 bridgehead atoms. The number of allylic oxidation sites excluding steroid dienone is 1. The molecule has 3 nitrogen and oxygen atoms in total. The Morgan fingerprint density at radius 1 is 1.41 bits per heavy atom. The summed E-state index contributed by atoms with van der Waals surface area (Å²) < 4.78 is 0. The SMILES string of the molecule is C=C(C)/C=N\C(=C)NCc1ccccn1.CC. The number of hydrogen-bond acceptors (Lipinski definition) is 3. The van der Waals surface area contributed by atoms with E-state index in [-0.39, 0.29) is 0 Å². The van der Waals surface area contributed by atoms with Gasteiger partial charge in [0.05, 0.1) is 12.2 Å². The van der Waals surface area contributed by atoms with Gasteiger partial charge in [-0.1, -0.05) is 33.1 Å². The Morgan fingerprint density at radius 3 is 2.65 bits per heavy atom. The highest BCUT2D eigenvalue weighted by Crippen LogP contribution is 1.95. The molecule has 0 spiro atoms. The minimum absolute atomic E-state index is 0.614. The highest BCUT2D eigenvalue weighted by atomic mass is 15.0. The molecule has 1 aromatic heterocycles. The van der Waals surface area contributed by atoms with Gasteiger partial charge in [-0.25, -0.2) is 4.99 Å². The molecule has 1 rings (SSSR count). The van der Waals surface area contributed by atoms with Crippen molar-refractivity contribution in [1.29, 1.82) is 0 Å². The van der Waals surface area contributed by atoms with Crippen molar-refractivity contribution in [3.63, 3.8) is 0 Å². The second-order valence-corrected chi connectivity index (χ2v) is 3.23. The lowest BCUT2D eigenvalue weighted by Crippen LogP contribution is -2.11. The number of nitrogens with one attached hydrogen (secondary N) is 1. The molecular formula is C14H21N3. The molecule has 1 heterocycles. The lowest BCUT2D eigenvalue weighted by molar-refractivity contribution is 0.782. The summed E-state index contributed by atoms with van der Waals surface area (Å²) in [6.45, 7) is 14.0. The third-order valence-corrected chi connectivity index (χ3v) is 1.64. The normalized spacial score (nSPS) is 9.35. The van der Waals surface area contributed by atoms with Gasteiger partial charge in [0, 0.05) is 12.4 Å². The zero-order valence-corrected chi connectivity index (χ0v) is 10.9. The predicted molar refractivity (Wildman–Crippen MR) is 74.9 cm³/mol. The van der Waals surface area contributed by atoms with Crippen LogP contribution in [0.1, 0.15) is 26.5 Å². The van der Waals surface area contributed by atoms with Crippen LogP contribution in [0.3, 0.4) is 0 Å². The van der Waals surface area contributed by atoms with Gasteiger partial charge in [0.1, 0.15) is 5.82 Å². The molecule has 0 saturated carbocycles. The van der Waals surface area contributed by atoms with Crippen molar-refractivity contribution in [3.8, 4) is 0 Å². The minimum atomic E-state index is 0.614. The number of aromatic nitrogens is 1. The molecular weight excluding hydrogens is 210 g/mol. The maximum absolute atomic E-state index is 4.17. The second-order valence-electron chi connectivity index (χ2n) is 3.23. The van der Waals surface area contributed by atoms with E-state index in [4.69, 9.17) is 0 Å². The zero-order chi connectivity index (χ0) is 13.1.